The van der Waals surface area contributed by atoms with Crippen LogP contribution in [-0.4, -0.2) is 34.8 Å². The van der Waals surface area contributed by atoms with Gasteiger partial charge in [-0.2, -0.15) is 5.10 Å². The maximum absolute atomic E-state index is 12.0. The predicted octanol–water partition coefficient (Wildman–Crippen LogP) is 0.0849. The molecule has 1 aromatic heterocycles. The number of aromatic nitrogens is 2. The highest BCUT2D eigenvalue weighted by Gasteiger charge is 2.23. The molecule has 18 heavy (non-hydrogen) atoms. The summed E-state index contributed by atoms with van der Waals surface area (Å²) in [6, 6.07) is -0.734. The molecule has 3 N–H and O–H groups in total. The number of rotatable bonds is 4. The first-order valence-electron chi connectivity index (χ1n) is 5.63. The summed E-state index contributed by atoms with van der Waals surface area (Å²) in [4.78, 5) is 23.3. The van der Waals surface area contributed by atoms with E-state index in [0.717, 1.165) is 0 Å². The van der Waals surface area contributed by atoms with Gasteiger partial charge in [0.05, 0.1) is 18.5 Å². The molecular weight excluding hydrogens is 236 g/mol. The number of ether oxygens (including phenoxy) is 1. The lowest BCUT2D eigenvalue weighted by atomic mass is 10.2. The Morgan fingerprint density at radius 2 is 2.17 bits per heavy atom. The quantitative estimate of drug-likeness (QED) is 0.741. The molecule has 7 nitrogen and oxygen atoms in total. The number of esters is 1. The molecule has 1 atom stereocenters. The molecule has 0 aliphatic heterocycles. The molecule has 0 saturated heterocycles. The second kappa shape index (κ2) is 5.52. The summed E-state index contributed by atoms with van der Waals surface area (Å²) in [5, 5.41) is 6.66. The molecule has 1 unspecified atom stereocenters. The second-order valence-corrected chi connectivity index (χ2v) is 3.88. The fourth-order valence-corrected chi connectivity index (χ4v) is 1.56. The molecule has 0 aliphatic carbocycles. The van der Waals surface area contributed by atoms with Crippen LogP contribution >= 0.6 is 0 Å². The lowest BCUT2D eigenvalue weighted by Crippen LogP contribution is -2.40. The Balaban J connectivity index is 2.94. The zero-order chi connectivity index (χ0) is 13.9. The molecule has 0 fully saturated rings. The summed E-state index contributed by atoms with van der Waals surface area (Å²) in [5.41, 5.74) is 6.99. The van der Waals surface area contributed by atoms with Crippen LogP contribution in [0, 0.1) is 6.92 Å². The molecular formula is C11H18N4O3. The van der Waals surface area contributed by atoms with Gasteiger partial charge in [-0.15, -0.1) is 0 Å². The molecule has 1 heterocycles. The van der Waals surface area contributed by atoms with Gasteiger partial charge in [0, 0.05) is 6.54 Å². The molecule has 7 heteroatoms. The van der Waals surface area contributed by atoms with Crippen LogP contribution in [0.3, 0.4) is 0 Å². The van der Waals surface area contributed by atoms with E-state index in [1.807, 2.05) is 6.92 Å². The number of hydrogen-bond acceptors (Lipinski definition) is 5. The average Bonchev–Trinajstić information content (AvgIpc) is 2.63. The molecule has 1 aromatic rings. The maximum Gasteiger partial charge on any atom is 0.328 e. The summed E-state index contributed by atoms with van der Waals surface area (Å²) < 4.78 is 6.04. The van der Waals surface area contributed by atoms with Crippen molar-refractivity contribution in [2.24, 2.45) is 0 Å². The zero-order valence-electron chi connectivity index (χ0n) is 11.0. The van der Waals surface area contributed by atoms with Crippen molar-refractivity contribution in [1.82, 2.24) is 15.1 Å². The third kappa shape index (κ3) is 2.61. The van der Waals surface area contributed by atoms with E-state index in [1.165, 1.54) is 11.8 Å². The van der Waals surface area contributed by atoms with E-state index in [2.05, 4.69) is 15.2 Å². The molecule has 0 spiro atoms. The fraction of sp³-hybridized carbons (Fsp3) is 0.545. The lowest BCUT2D eigenvalue weighted by molar-refractivity contribution is -0.142. The lowest BCUT2D eigenvalue weighted by Gasteiger charge is -2.12. The first kappa shape index (κ1) is 14.0. The molecule has 0 bridgehead atoms. The average molecular weight is 254 g/mol. The SMILES string of the molecule is CCn1nc(C)c(N)c1C(=O)NC(C)C(=O)OC. The number of hydrogen-bond donors (Lipinski definition) is 2. The Bertz CT molecular complexity index is 467. The summed E-state index contributed by atoms with van der Waals surface area (Å²) in [6.07, 6.45) is 0. The minimum atomic E-state index is -0.734. The van der Waals surface area contributed by atoms with E-state index in [4.69, 9.17) is 5.73 Å². The van der Waals surface area contributed by atoms with Crippen molar-refractivity contribution in [1.29, 1.82) is 0 Å². The molecule has 100 valence electrons. The summed E-state index contributed by atoms with van der Waals surface area (Å²) in [5.74, 6) is -0.950. The summed E-state index contributed by atoms with van der Waals surface area (Å²) >= 11 is 0. The van der Waals surface area contributed by atoms with Gasteiger partial charge in [-0.25, -0.2) is 4.79 Å². The topological polar surface area (TPSA) is 99.2 Å². The number of nitrogens with two attached hydrogens (primary N) is 1. The normalized spacial score (nSPS) is 12.0. The van der Waals surface area contributed by atoms with Gasteiger partial charge in [0.1, 0.15) is 11.7 Å². The summed E-state index contributed by atoms with van der Waals surface area (Å²) in [6.45, 7) is 5.64. The number of methoxy groups -OCH3 is 1. The van der Waals surface area contributed by atoms with Crippen LogP contribution in [0.4, 0.5) is 5.69 Å². The Hall–Kier alpha value is -2.05. The Morgan fingerprint density at radius 3 is 2.67 bits per heavy atom. The van der Waals surface area contributed by atoms with Gasteiger partial charge in [0.15, 0.2) is 0 Å². The maximum atomic E-state index is 12.0. The van der Waals surface area contributed by atoms with Crippen LogP contribution in [-0.2, 0) is 16.1 Å². The first-order chi connectivity index (χ1) is 8.42. The minimum absolute atomic E-state index is 0.269. The van der Waals surface area contributed by atoms with Crippen molar-refractivity contribution >= 4 is 17.6 Å². The van der Waals surface area contributed by atoms with E-state index in [1.54, 1.807) is 13.8 Å². The van der Waals surface area contributed by atoms with Crippen LogP contribution in [0.15, 0.2) is 0 Å². The van der Waals surface area contributed by atoms with E-state index in [0.29, 0.717) is 17.9 Å². The Labute approximate surface area is 105 Å². The van der Waals surface area contributed by atoms with Crippen molar-refractivity contribution in [3.63, 3.8) is 0 Å². The Kier molecular flexibility index (Phi) is 4.30. The van der Waals surface area contributed by atoms with Crippen LogP contribution in [0.5, 0.6) is 0 Å². The number of carbonyl (C=O) groups is 2. The molecule has 0 aliphatic rings. The number of carbonyl (C=O) groups excluding carboxylic acids is 2. The van der Waals surface area contributed by atoms with Gasteiger partial charge in [-0.05, 0) is 20.8 Å². The summed E-state index contributed by atoms with van der Waals surface area (Å²) in [7, 11) is 1.26. The molecule has 0 radical (unpaired) electrons. The van der Waals surface area contributed by atoms with E-state index in [9.17, 15) is 9.59 Å². The third-order valence-electron chi connectivity index (χ3n) is 2.59. The number of nitrogens with zero attached hydrogens (tertiary/aromatic N) is 2. The van der Waals surface area contributed by atoms with Crippen molar-refractivity contribution in [2.45, 2.75) is 33.4 Å². The molecule has 1 amide bonds. The standard InChI is InChI=1S/C11H18N4O3/c1-5-15-9(8(12)6(2)14-15)10(16)13-7(3)11(17)18-4/h7H,5,12H2,1-4H3,(H,13,16). The van der Waals surface area contributed by atoms with Crippen molar-refractivity contribution in [3.8, 4) is 0 Å². The predicted molar refractivity (Wildman–Crippen MR) is 66.0 cm³/mol. The van der Waals surface area contributed by atoms with Gasteiger partial charge >= 0.3 is 5.97 Å². The highest BCUT2D eigenvalue weighted by Crippen LogP contribution is 2.16. The first-order valence-corrected chi connectivity index (χ1v) is 5.63. The van der Waals surface area contributed by atoms with Gasteiger partial charge in [0.25, 0.3) is 5.91 Å². The van der Waals surface area contributed by atoms with Crippen molar-refractivity contribution < 1.29 is 14.3 Å². The van der Waals surface area contributed by atoms with E-state index >= 15 is 0 Å². The van der Waals surface area contributed by atoms with Crippen LogP contribution < -0.4 is 11.1 Å². The highest BCUT2D eigenvalue weighted by molar-refractivity contribution is 5.99. The smallest absolute Gasteiger partial charge is 0.328 e. The third-order valence-corrected chi connectivity index (χ3v) is 2.59. The number of nitrogens with one attached hydrogen (secondary N) is 1. The van der Waals surface area contributed by atoms with Crippen LogP contribution in [0.25, 0.3) is 0 Å². The van der Waals surface area contributed by atoms with E-state index in [-0.39, 0.29) is 5.69 Å². The van der Waals surface area contributed by atoms with E-state index < -0.39 is 17.9 Å². The van der Waals surface area contributed by atoms with Gasteiger partial charge in [0.2, 0.25) is 0 Å². The van der Waals surface area contributed by atoms with Crippen LogP contribution in [0.2, 0.25) is 0 Å². The molecule has 1 rings (SSSR count). The number of amides is 1. The fourth-order valence-electron chi connectivity index (χ4n) is 1.56. The zero-order valence-corrected chi connectivity index (χ0v) is 11.0. The van der Waals surface area contributed by atoms with Crippen molar-refractivity contribution in [2.75, 3.05) is 12.8 Å². The van der Waals surface area contributed by atoms with Gasteiger partial charge in [-0.3, -0.25) is 9.48 Å². The Morgan fingerprint density at radius 1 is 1.56 bits per heavy atom. The monoisotopic (exact) mass is 254 g/mol. The van der Waals surface area contributed by atoms with Crippen LogP contribution in [0.1, 0.15) is 30.0 Å². The molecule has 0 saturated carbocycles. The number of anilines is 1. The van der Waals surface area contributed by atoms with Gasteiger partial charge in [-0.1, -0.05) is 0 Å². The number of nitrogen functional groups attached to an aromatic ring is 1. The van der Waals surface area contributed by atoms with Crippen molar-refractivity contribution in [3.05, 3.63) is 11.4 Å². The molecule has 0 aromatic carbocycles. The highest BCUT2D eigenvalue weighted by atomic mass is 16.5. The number of aryl methyl sites for hydroxylation is 2. The second-order valence-electron chi connectivity index (χ2n) is 3.88. The largest absolute Gasteiger partial charge is 0.467 e. The minimum Gasteiger partial charge on any atom is -0.467 e. The van der Waals surface area contributed by atoms with Gasteiger partial charge < -0.3 is 15.8 Å².